The topological polar surface area (TPSA) is 29.1 Å². The number of hydrogen-bond donors (Lipinski definition) is 1. The fraction of sp³-hybridized carbons (Fsp3) is 0.476. The fourth-order valence-corrected chi connectivity index (χ4v) is 2.86. The van der Waals surface area contributed by atoms with E-state index < -0.39 is 0 Å². The van der Waals surface area contributed by atoms with E-state index in [1.807, 2.05) is 20.8 Å². The van der Waals surface area contributed by atoms with Gasteiger partial charge in [-0.2, -0.15) is 0 Å². The van der Waals surface area contributed by atoms with Crippen LogP contribution in [-0.2, 0) is 11.2 Å². The molecule has 0 aliphatic rings. The van der Waals surface area contributed by atoms with E-state index in [1.54, 1.807) is 0 Å². The van der Waals surface area contributed by atoms with Crippen LogP contribution in [0.1, 0.15) is 47.1 Å². The van der Waals surface area contributed by atoms with Crippen LogP contribution in [0.5, 0.6) is 0 Å². The first-order chi connectivity index (χ1) is 10.6. The van der Waals surface area contributed by atoms with Gasteiger partial charge in [0.15, 0.2) is 5.78 Å². The van der Waals surface area contributed by atoms with Crippen molar-refractivity contribution < 1.29 is 4.79 Å². The highest BCUT2D eigenvalue weighted by atomic mass is 16.1. The molecule has 2 heteroatoms. The summed E-state index contributed by atoms with van der Waals surface area (Å²) in [6.07, 6.45) is 0.720. The second-order valence-electron chi connectivity index (χ2n) is 8.45. The highest BCUT2D eigenvalue weighted by Crippen LogP contribution is 2.22. The number of rotatable bonds is 4. The third-order valence-corrected chi connectivity index (χ3v) is 3.92. The Kier molecular flexibility index (Phi) is 4.95. The predicted molar refractivity (Wildman–Crippen MR) is 98.8 cm³/mol. The van der Waals surface area contributed by atoms with Crippen molar-refractivity contribution in [2.45, 2.75) is 59.5 Å². The molecule has 1 N–H and O–H groups in total. The number of ketones is 1. The van der Waals surface area contributed by atoms with Gasteiger partial charge in [-0.3, -0.25) is 4.79 Å². The fourth-order valence-electron chi connectivity index (χ4n) is 2.86. The molecule has 0 fully saturated rings. The zero-order valence-corrected chi connectivity index (χ0v) is 15.2. The number of Topliss-reactive ketones (excluding diaryl/α,β-unsaturated/α-hetero) is 1. The van der Waals surface area contributed by atoms with E-state index in [-0.39, 0.29) is 22.8 Å². The van der Waals surface area contributed by atoms with E-state index in [2.05, 4.69) is 68.6 Å². The molecule has 0 heterocycles. The van der Waals surface area contributed by atoms with E-state index in [1.165, 1.54) is 16.3 Å². The monoisotopic (exact) mass is 311 g/mol. The van der Waals surface area contributed by atoms with Crippen molar-refractivity contribution in [2.75, 3.05) is 0 Å². The summed E-state index contributed by atoms with van der Waals surface area (Å²) in [5.74, 6) is 0.264. The second kappa shape index (κ2) is 6.45. The smallest absolute Gasteiger partial charge is 0.155 e. The van der Waals surface area contributed by atoms with Gasteiger partial charge in [-0.15, -0.1) is 0 Å². The molecule has 1 atom stereocenters. The molecular weight excluding hydrogens is 282 g/mol. The average Bonchev–Trinajstić information content (AvgIpc) is 2.43. The Bertz CT molecular complexity index is 689. The van der Waals surface area contributed by atoms with Crippen molar-refractivity contribution in [1.29, 1.82) is 0 Å². The van der Waals surface area contributed by atoms with Crippen molar-refractivity contribution in [3.63, 3.8) is 0 Å². The Morgan fingerprint density at radius 1 is 0.957 bits per heavy atom. The van der Waals surface area contributed by atoms with Gasteiger partial charge in [0.1, 0.15) is 0 Å². The minimum atomic E-state index is -0.347. The number of benzene rings is 2. The van der Waals surface area contributed by atoms with Crippen LogP contribution in [0.4, 0.5) is 0 Å². The largest absolute Gasteiger partial charge is 0.302 e. The molecule has 2 nitrogen and oxygen atoms in total. The zero-order valence-electron chi connectivity index (χ0n) is 15.2. The Morgan fingerprint density at radius 2 is 1.57 bits per heavy atom. The van der Waals surface area contributed by atoms with Crippen LogP contribution >= 0.6 is 0 Å². The lowest BCUT2D eigenvalue weighted by atomic mass is 9.83. The van der Waals surface area contributed by atoms with Gasteiger partial charge in [0.2, 0.25) is 0 Å². The van der Waals surface area contributed by atoms with Crippen LogP contribution in [0, 0.1) is 5.41 Å². The van der Waals surface area contributed by atoms with Crippen LogP contribution in [0.2, 0.25) is 0 Å². The molecule has 0 bridgehead atoms. The summed E-state index contributed by atoms with van der Waals surface area (Å²) in [7, 11) is 0. The molecule has 0 aromatic heterocycles. The Morgan fingerprint density at radius 3 is 2.13 bits per heavy atom. The van der Waals surface area contributed by atoms with Gasteiger partial charge in [0.25, 0.3) is 0 Å². The molecule has 0 spiro atoms. The lowest BCUT2D eigenvalue weighted by Crippen LogP contribution is -2.51. The third-order valence-electron chi connectivity index (χ3n) is 3.92. The summed E-state index contributed by atoms with van der Waals surface area (Å²) in [6, 6.07) is 14.6. The van der Waals surface area contributed by atoms with Crippen LogP contribution < -0.4 is 5.32 Å². The van der Waals surface area contributed by atoms with Crippen LogP contribution in [0.3, 0.4) is 0 Å². The van der Waals surface area contributed by atoms with Gasteiger partial charge in [-0.1, -0.05) is 63.2 Å². The molecular formula is C21H29NO. The lowest BCUT2D eigenvalue weighted by molar-refractivity contribution is -0.128. The number of carbonyl (C=O) groups is 1. The number of hydrogen-bond acceptors (Lipinski definition) is 2. The molecule has 0 saturated carbocycles. The van der Waals surface area contributed by atoms with Crippen LogP contribution in [0.15, 0.2) is 42.5 Å². The molecule has 23 heavy (non-hydrogen) atoms. The molecule has 0 saturated heterocycles. The molecule has 2 aromatic rings. The first kappa shape index (κ1) is 17.7. The SMILES string of the molecule is CC(C)(C)NC(Cc1ccc2ccccc2c1)C(=O)C(C)(C)C. The maximum absolute atomic E-state index is 12.8. The van der Waals surface area contributed by atoms with E-state index in [0.717, 1.165) is 6.42 Å². The van der Waals surface area contributed by atoms with Gasteiger partial charge < -0.3 is 5.32 Å². The maximum Gasteiger partial charge on any atom is 0.155 e. The number of carbonyl (C=O) groups excluding carboxylic acids is 1. The molecule has 124 valence electrons. The minimum Gasteiger partial charge on any atom is -0.302 e. The zero-order chi connectivity index (χ0) is 17.3. The highest BCUT2D eigenvalue weighted by molar-refractivity contribution is 5.89. The summed E-state index contributed by atoms with van der Waals surface area (Å²) in [4.78, 5) is 12.8. The van der Waals surface area contributed by atoms with Crippen molar-refractivity contribution in [1.82, 2.24) is 5.32 Å². The standard InChI is InChI=1S/C21H29NO/c1-20(2,3)19(23)18(22-21(4,5)6)14-15-11-12-16-9-7-8-10-17(16)13-15/h7-13,18,22H,14H2,1-6H3. The quantitative estimate of drug-likeness (QED) is 0.882. The Balaban J connectivity index is 2.29. The second-order valence-corrected chi connectivity index (χ2v) is 8.45. The van der Waals surface area contributed by atoms with Crippen molar-refractivity contribution in [3.05, 3.63) is 48.0 Å². The summed E-state index contributed by atoms with van der Waals surface area (Å²) < 4.78 is 0. The molecule has 1 unspecified atom stereocenters. The van der Waals surface area contributed by atoms with Gasteiger partial charge in [0.05, 0.1) is 6.04 Å². The molecule has 2 rings (SSSR count). The van der Waals surface area contributed by atoms with E-state index >= 15 is 0 Å². The van der Waals surface area contributed by atoms with E-state index in [9.17, 15) is 4.79 Å². The summed E-state index contributed by atoms with van der Waals surface area (Å²) >= 11 is 0. The lowest BCUT2D eigenvalue weighted by Gasteiger charge is -2.32. The van der Waals surface area contributed by atoms with E-state index in [0.29, 0.717) is 0 Å². The predicted octanol–water partition coefficient (Wildman–Crippen LogP) is 4.75. The molecule has 0 radical (unpaired) electrons. The highest BCUT2D eigenvalue weighted by Gasteiger charge is 2.31. The first-order valence-electron chi connectivity index (χ1n) is 8.36. The Labute approximate surface area is 140 Å². The van der Waals surface area contributed by atoms with Gasteiger partial charge in [-0.25, -0.2) is 0 Å². The average molecular weight is 311 g/mol. The van der Waals surface area contributed by atoms with Crippen LogP contribution in [0.25, 0.3) is 10.8 Å². The van der Waals surface area contributed by atoms with Crippen molar-refractivity contribution in [3.8, 4) is 0 Å². The summed E-state index contributed by atoms with van der Waals surface area (Å²) in [6.45, 7) is 12.3. The summed E-state index contributed by atoms with van der Waals surface area (Å²) in [5.41, 5.74) is 0.755. The first-order valence-corrected chi connectivity index (χ1v) is 8.36. The van der Waals surface area contributed by atoms with Gasteiger partial charge >= 0.3 is 0 Å². The van der Waals surface area contributed by atoms with Crippen LogP contribution in [-0.4, -0.2) is 17.4 Å². The normalized spacial score (nSPS) is 14.0. The molecule has 0 aliphatic heterocycles. The van der Waals surface area contributed by atoms with Gasteiger partial charge in [0, 0.05) is 11.0 Å². The van der Waals surface area contributed by atoms with Crippen molar-refractivity contribution in [2.24, 2.45) is 5.41 Å². The number of fused-ring (bicyclic) bond motifs is 1. The van der Waals surface area contributed by atoms with Crippen molar-refractivity contribution >= 4 is 16.6 Å². The molecule has 2 aromatic carbocycles. The Hall–Kier alpha value is -1.67. The summed E-state index contributed by atoms with van der Waals surface area (Å²) in [5, 5.41) is 5.97. The molecule has 0 aliphatic carbocycles. The van der Waals surface area contributed by atoms with E-state index in [4.69, 9.17) is 0 Å². The molecule has 0 amide bonds. The van der Waals surface area contributed by atoms with Gasteiger partial charge in [-0.05, 0) is 43.5 Å². The third kappa shape index (κ3) is 4.90. The maximum atomic E-state index is 12.8. The number of nitrogens with one attached hydrogen (secondary N) is 1. The minimum absolute atomic E-state index is 0.0948.